The predicted octanol–water partition coefficient (Wildman–Crippen LogP) is 3.88. The third-order valence-corrected chi connectivity index (χ3v) is 4.91. The summed E-state index contributed by atoms with van der Waals surface area (Å²) in [7, 11) is 0. The molecule has 0 spiro atoms. The Morgan fingerprint density at radius 2 is 2.08 bits per heavy atom. The molecule has 3 rings (SSSR count). The Balaban J connectivity index is 1.86. The van der Waals surface area contributed by atoms with Crippen LogP contribution in [-0.4, -0.2) is 21.5 Å². The highest BCUT2D eigenvalue weighted by molar-refractivity contribution is 8.12. The number of aliphatic imine (C=N–C) groups is 1. The van der Waals surface area contributed by atoms with Gasteiger partial charge in [-0.15, -0.1) is 0 Å². The zero-order chi connectivity index (χ0) is 17.1. The fourth-order valence-electron chi connectivity index (χ4n) is 2.17. The summed E-state index contributed by atoms with van der Waals surface area (Å²) in [5, 5.41) is 20.6. The van der Waals surface area contributed by atoms with E-state index >= 15 is 0 Å². The Bertz CT molecular complexity index is 837. The van der Waals surface area contributed by atoms with Gasteiger partial charge in [0.1, 0.15) is 0 Å². The van der Waals surface area contributed by atoms with Crippen LogP contribution in [0.3, 0.4) is 0 Å². The monoisotopic (exact) mass is 378 g/mol. The molecule has 8 heteroatoms. The van der Waals surface area contributed by atoms with Crippen molar-refractivity contribution in [2.45, 2.75) is 12.9 Å². The maximum atomic E-state index is 10.1. The minimum Gasteiger partial charge on any atom is -0.360 e. The van der Waals surface area contributed by atoms with Crippen LogP contribution in [0.15, 0.2) is 47.5 Å². The molecule has 0 aromatic heterocycles. The van der Waals surface area contributed by atoms with Gasteiger partial charge >= 0.3 is 0 Å². The van der Waals surface area contributed by atoms with Crippen LogP contribution in [0, 0.1) is 11.3 Å². The molecule has 1 heterocycles. The van der Waals surface area contributed by atoms with Crippen molar-refractivity contribution in [2.75, 3.05) is 0 Å². The highest BCUT2D eigenvalue weighted by atomic mass is 35.5. The van der Waals surface area contributed by atoms with E-state index < -0.39 is 6.35 Å². The molecule has 1 aliphatic heterocycles. The second-order valence-electron chi connectivity index (χ2n) is 5.03. The van der Waals surface area contributed by atoms with E-state index in [2.05, 4.69) is 15.8 Å². The van der Waals surface area contributed by atoms with Gasteiger partial charge in [0.15, 0.2) is 11.5 Å². The van der Waals surface area contributed by atoms with Crippen LogP contribution in [0.4, 0.5) is 5.69 Å². The number of nitriles is 1. The maximum absolute atomic E-state index is 10.1. The lowest BCUT2D eigenvalue weighted by Crippen LogP contribution is -2.36. The molecule has 1 fully saturated rings. The minimum atomic E-state index is -0.873. The standard InChI is InChI=1S/C16H12Cl2N4OS/c17-13-5-4-12(7-14(13)18)20-16-22(15(23)21-24-16)9-11-3-1-2-10(6-11)8-19/h1-7,15,21,23H,9H2. The summed E-state index contributed by atoms with van der Waals surface area (Å²) < 4.78 is 2.86. The van der Waals surface area contributed by atoms with E-state index in [0.717, 1.165) is 5.56 Å². The van der Waals surface area contributed by atoms with Crippen molar-refractivity contribution in [1.82, 2.24) is 9.62 Å². The van der Waals surface area contributed by atoms with Crippen molar-refractivity contribution in [2.24, 2.45) is 4.99 Å². The second kappa shape index (κ2) is 7.43. The number of benzene rings is 2. The molecule has 0 radical (unpaired) electrons. The second-order valence-corrected chi connectivity index (χ2v) is 6.65. The Morgan fingerprint density at radius 1 is 1.25 bits per heavy atom. The molecule has 24 heavy (non-hydrogen) atoms. The van der Waals surface area contributed by atoms with Gasteiger partial charge in [0.2, 0.25) is 0 Å². The fourth-order valence-corrected chi connectivity index (χ4v) is 3.24. The van der Waals surface area contributed by atoms with Gasteiger partial charge in [0.25, 0.3) is 0 Å². The van der Waals surface area contributed by atoms with Crippen LogP contribution in [0.2, 0.25) is 10.0 Å². The van der Waals surface area contributed by atoms with Crippen molar-refractivity contribution >= 4 is 46.0 Å². The molecule has 2 aromatic rings. The van der Waals surface area contributed by atoms with Crippen LogP contribution in [-0.2, 0) is 6.54 Å². The molecule has 5 nitrogen and oxygen atoms in total. The average Bonchev–Trinajstić information content (AvgIpc) is 2.91. The quantitative estimate of drug-likeness (QED) is 0.792. The number of hydrogen-bond donors (Lipinski definition) is 2. The number of nitrogens with zero attached hydrogens (tertiary/aromatic N) is 3. The number of nitrogens with one attached hydrogen (secondary N) is 1. The van der Waals surface area contributed by atoms with E-state index in [4.69, 9.17) is 28.5 Å². The van der Waals surface area contributed by atoms with Gasteiger partial charge in [0, 0.05) is 6.54 Å². The summed E-state index contributed by atoms with van der Waals surface area (Å²) in [5.41, 5.74) is 2.11. The van der Waals surface area contributed by atoms with Crippen LogP contribution in [0.1, 0.15) is 11.1 Å². The first kappa shape index (κ1) is 17.1. The molecule has 1 atom stereocenters. The summed E-state index contributed by atoms with van der Waals surface area (Å²) in [6.45, 7) is 0.414. The molecule has 2 N–H and O–H groups in total. The first-order valence-electron chi connectivity index (χ1n) is 6.96. The Labute approximate surface area is 153 Å². The Hall–Kier alpha value is -1.75. The van der Waals surface area contributed by atoms with Gasteiger partial charge in [-0.3, -0.25) is 0 Å². The van der Waals surface area contributed by atoms with Gasteiger partial charge in [-0.25, -0.2) is 9.71 Å². The van der Waals surface area contributed by atoms with E-state index in [0.29, 0.717) is 33.0 Å². The highest BCUT2D eigenvalue weighted by Crippen LogP contribution is 2.29. The predicted molar refractivity (Wildman–Crippen MR) is 97.0 cm³/mol. The molecule has 0 saturated carbocycles. The number of hydrogen-bond acceptors (Lipinski definition) is 5. The van der Waals surface area contributed by atoms with Crippen LogP contribution in [0.5, 0.6) is 0 Å². The molecule has 0 bridgehead atoms. The molecular weight excluding hydrogens is 367 g/mol. The Kier molecular flexibility index (Phi) is 5.29. The summed E-state index contributed by atoms with van der Waals surface area (Å²) >= 11 is 13.1. The van der Waals surface area contributed by atoms with E-state index in [-0.39, 0.29) is 0 Å². The summed E-state index contributed by atoms with van der Waals surface area (Å²) in [6, 6.07) is 14.4. The van der Waals surface area contributed by atoms with E-state index in [1.165, 1.54) is 11.9 Å². The van der Waals surface area contributed by atoms with Gasteiger partial charge in [-0.1, -0.05) is 35.3 Å². The number of aliphatic hydroxyl groups is 1. The van der Waals surface area contributed by atoms with E-state index in [1.807, 2.05) is 12.1 Å². The molecular formula is C16H12Cl2N4OS. The van der Waals surface area contributed by atoms with Gasteiger partial charge < -0.3 is 10.0 Å². The first-order valence-corrected chi connectivity index (χ1v) is 8.54. The van der Waals surface area contributed by atoms with Gasteiger partial charge in [-0.2, -0.15) is 5.26 Å². The lowest BCUT2D eigenvalue weighted by molar-refractivity contribution is 0.0508. The Morgan fingerprint density at radius 3 is 2.83 bits per heavy atom. The van der Waals surface area contributed by atoms with Crippen molar-refractivity contribution < 1.29 is 5.11 Å². The molecule has 1 aliphatic rings. The van der Waals surface area contributed by atoms with Crippen molar-refractivity contribution in [3.8, 4) is 6.07 Å². The first-order chi connectivity index (χ1) is 11.6. The van der Waals surface area contributed by atoms with Gasteiger partial charge in [0.05, 0.1) is 27.4 Å². The van der Waals surface area contributed by atoms with Crippen molar-refractivity contribution in [3.63, 3.8) is 0 Å². The number of halogens is 2. The van der Waals surface area contributed by atoms with E-state index in [9.17, 15) is 5.11 Å². The third kappa shape index (κ3) is 3.83. The SMILES string of the molecule is N#Cc1cccc(CN2C(=Nc3ccc(Cl)c(Cl)c3)SNC2O)c1. The average molecular weight is 379 g/mol. The topological polar surface area (TPSA) is 71.7 Å². The van der Waals surface area contributed by atoms with Crippen molar-refractivity contribution in [1.29, 1.82) is 5.26 Å². The summed E-state index contributed by atoms with van der Waals surface area (Å²) in [4.78, 5) is 6.20. The molecule has 122 valence electrons. The fraction of sp³-hybridized carbons (Fsp3) is 0.125. The maximum Gasteiger partial charge on any atom is 0.195 e. The zero-order valence-corrected chi connectivity index (χ0v) is 14.6. The molecule has 2 aromatic carbocycles. The third-order valence-electron chi connectivity index (χ3n) is 3.33. The van der Waals surface area contributed by atoms with Crippen molar-refractivity contribution in [3.05, 3.63) is 63.6 Å². The summed E-state index contributed by atoms with van der Waals surface area (Å²) in [5.74, 6) is 0. The molecule has 0 aliphatic carbocycles. The summed E-state index contributed by atoms with van der Waals surface area (Å²) in [6.07, 6.45) is -0.873. The number of rotatable bonds is 3. The molecule has 0 amide bonds. The lowest BCUT2D eigenvalue weighted by atomic mass is 10.1. The number of aliphatic hydroxyl groups excluding tert-OH is 1. The van der Waals surface area contributed by atoms with Crippen LogP contribution in [0.25, 0.3) is 0 Å². The molecule has 1 saturated heterocycles. The largest absolute Gasteiger partial charge is 0.360 e. The highest BCUT2D eigenvalue weighted by Gasteiger charge is 2.28. The van der Waals surface area contributed by atoms with Crippen LogP contribution < -0.4 is 4.72 Å². The van der Waals surface area contributed by atoms with Crippen LogP contribution >= 0.6 is 35.1 Å². The molecule has 1 unspecified atom stereocenters. The van der Waals surface area contributed by atoms with Gasteiger partial charge in [-0.05, 0) is 47.8 Å². The van der Waals surface area contributed by atoms with E-state index in [1.54, 1.807) is 35.2 Å². The number of amidine groups is 1. The smallest absolute Gasteiger partial charge is 0.195 e. The minimum absolute atomic E-state index is 0.414. The normalized spacial score (nSPS) is 18.8. The lowest BCUT2D eigenvalue weighted by Gasteiger charge is -2.21. The zero-order valence-electron chi connectivity index (χ0n) is 12.3.